The number of aromatic nitrogens is 1. The van der Waals surface area contributed by atoms with Crippen molar-refractivity contribution in [2.24, 2.45) is 5.73 Å². The number of imide groups is 1. The predicted octanol–water partition coefficient (Wildman–Crippen LogP) is -1.30. The van der Waals surface area contributed by atoms with Crippen molar-refractivity contribution in [2.75, 3.05) is 13.1 Å². The third-order valence-corrected chi connectivity index (χ3v) is 3.05. The van der Waals surface area contributed by atoms with E-state index in [1.54, 1.807) is 5.38 Å². The highest BCUT2D eigenvalue weighted by Crippen LogP contribution is 2.11. The fourth-order valence-corrected chi connectivity index (χ4v) is 2.09. The average Bonchev–Trinajstić information content (AvgIpc) is 2.75. The molecule has 2 heterocycles. The lowest BCUT2D eigenvalue weighted by Gasteiger charge is -2.24. The van der Waals surface area contributed by atoms with Crippen LogP contribution in [0.5, 0.6) is 0 Å². The van der Waals surface area contributed by atoms with Gasteiger partial charge >= 0.3 is 0 Å². The molecule has 0 unspecified atom stereocenters. The van der Waals surface area contributed by atoms with Gasteiger partial charge in [-0.25, -0.2) is 4.98 Å². The Hall–Kier alpha value is -1.80. The maximum atomic E-state index is 11.9. The first-order valence-electron chi connectivity index (χ1n) is 4.86. The maximum Gasteiger partial charge on any atom is 0.274 e. The molecule has 1 fully saturated rings. The Morgan fingerprint density at radius 1 is 1.47 bits per heavy atom. The molecule has 0 atom stereocenters. The number of hydrogen-bond acceptors (Lipinski definition) is 6. The second-order valence-electron chi connectivity index (χ2n) is 3.46. The normalized spacial score (nSPS) is 15.9. The summed E-state index contributed by atoms with van der Waals surface area (Å²) in [7, 11) is 0. The van der Waals surface area contributed by atoms with Crippen molar-refractivity contribution in [3.8, 4) is 0 Å². The van der Waals surface area contributed by atoms with Crippen molar-refractivity contribution < 1.29 is 14.4 Å². The van der Waals surface area contributed by atoms with Crippen LogP contribution in [-0.4, -0.2) is 40.7 Å². The van der Waals surface area contributed by atoms with Crippen LogP contribution in [0.3, 0.4) is 0 Å². The number of piperazine rings is 1. The van der Waals surface area contributed by atoms with Gasteiger partial charge in [-0.05, 0) is 0 Å². The molecule has 3 amide bonds. The van der Waals surface area contributed by atoms with E-state index in [0.29, 0.717) is 5.01 Å². The molecule has 1 aromatic rings. The van der Waals surface area contributed by atoms with Gasteiger partial charge in [-0.1, -0.05) is 0 Å². The number of nitrogens with one attached hydrogen (secondary N) is 1. The number of amides is 3. The van der Waals surface area contributed by atoms with E-state index in [4.69, 9.17) is 5.73 Å². The number of carbonyl (C=O) groups is 3. The monoisotopic (exact) mass is 254 g/mol. The molecule has 8 heteroatoms. The highest BCUT2D eigenvalue weighted by atomic mass is 32.1. The Balaban J connectivity index is 2.14. The molecule has 17 heavy (non-hydrogen) atoms. The topological polar surface area (TPSA) is 105 Å². The van der Waals surface area contributed by atoms with E-state index < -0.39 is 17.7 Å². The summed E-state index contributed by atoms with van der Waals surface area (Å²) < 4.78 is 0. The van der Waals surface area contributed by atoms with E-state index in [9.17, 15) is 14.4 Å². The number of nitrogens with two attached hydrogens (primary N) is 1. The molecule has 1 aliphatic rings. The maximum absolute atomic E-state index is 11.9. The first-order chi connectivity index (χ1) is 8.10. The van der Waals surface area contributed by atoms with Gasteiger partial charge in [0.05, 0.1) is 0 Å². The Morgan fingerprint density at radius 3 is 2.65 bits per heavy atom. The fourth-order valence-electron chi connectivity index (χ4n) is 1.45. The molecule has 0 saturated carbocycles. The van der Waals surface area contributed by atoms with Gasteiger partial charge in [0.1, 0.15) is 23.8 Å². The molecule has 7 nitrogen and oxygen atoms in total. The number of thiazole rings is 1. The molecular weight excluding hydrogens is 244 g/mol. The summed E-state index contributed by atoms with van der Waals surface area (Å²) in [5.74, 6) is -1.39. The van der Waals surface area contributed by atoms with E-state index in [1.807, 2.05) is 0 Å². The van der Waals surface area contributed by atoms with E-state index in [1.165, 1.54) is 11.3 Å². The third-order valence-electron chi connectivity index (χ3n) is 2.18. The lowest BCUT2D eigenvalue weighted by Crippen LogP contribution is -2.53. The van der Waals surface area contributed by atoms with Gasteiger partial charge in [-0.2, -0.15) is 0 Å². The van der Waals surface area contributed by atoms with Gasteiger partial charge in [0.15, 0.2) is 0 Å². The van der Waals surface area contributed by atoms with Crippen LogP contribution in [0.25, 0.3) is 0 Å². The number of carbonyl (C=O) groups excluding carboxylic acids is 3. The molecule has 0 bridgehead atoms. The van der Waals surface area contributed by atoms with E-state index in [-0.39, 0.29) is 25.3 Å². The summed E-state index contributed by atoms with van der Waals surface area (Å²) in [5, 5.41) is 4.33. The van der Waals surface area contributed by atoms with Crippen LogP contribution in [-0.2, 0) is 16.1 Å². The predicted molar refractivity (Wildman–Crippen MR) is 59.1 cm³/mol. The standard InChI is InChI=1S/C9H10N4O3S/c10-1-8-11-5(4-17-8)9(16)13-2-6(14)12-7(15)3-13/h4H,1-3,10H2,(H,12,14,15). The second-order valence-corrected chi connectivity index (χ2v) is 4.41. The van der Waals surface area contributed by atoms with E-state index in [2.05, 4.69) is 10.3 Å². The highest BCUT2D eigenvalue weighted by molar-refractivity contribution is 7.09. The molecule has 1 saturated heterocycles. The third kappa shape index (κ3) is 2.48. The van der Waals surface area contributed by atoms with Crippen LogP contribution in [0.4, 0.5) is 0 Å². The Labute approximate surface area is 101 Å². The lowest BCUT2D eigenvalue weighted by molar-refractivity contribution is -0.135. The van der Waals surface area contributed by atoms with Gasteiger partial charge in [-0.15, -0.1) is 11.3 Å². The van der Waals surface area contributed by atoms with Crippen LogP contribution in [0.2, 0.25) is 0 Å². The SMILES string of the molecule is NCc1nc(C(=O)N2CC(=O)NC(=O)C2)cs1. The molecule has 0 aromatic carbocycles. The Kier molecular flexibility index (Phi) is 3.16. The summed E-state index contributed by atoms with van der Waals surface area (Å²) in [4.78, 5) is 39.3. The van der Waals surface area contributed by atoms with Gasteiger partial charge in [0.2, 0.25) is 11.8 Å². The van der Waals surface area contributed by atoms with Crippen LogP contribution >= 0.6 is 11.3 Å². The minimum atomic E-state index is -0.483. The minimum absolute atomic E-state index is 0.125. The van der Waals surface area contributed by atoms with E-state index in [0.717, 1.165) is 4.90 Å². The molecule has 0 spiro atoms. The van der Waals surface area contributed by atoms with Crippen molar-refractivity contribution in [2.45, 2.75) is 6.54 Å². The lowest BCUT2D eigenvalue weighted by atomic mass is 10.3. The largest absolute Gasteiger partial charge is 0.325 e. The molecule has 3 N–H and O–H groups in total. The Bertz CT molecular complexity index is 468. The zero-order valence-corrected chi connectivity index (χ0v) is 9.62. The van der Waals surface area contributed by atoms with Gasteiger partial charge < -0.3 is 10.6 Å². The van der Waals surface area contributed by atoms with Crippen LogP contribution in [0.15, 0.2) is 5.38 Å². The molecule has 0 radical (unpaired) electrons. The number of rotatable bonds is 2. The first kappa shape index (κ1) is 11.7. The molecule has 0 aliphatic carbocycles. The van der Waals surface area contributed by atoms with Crippen molar-refractivity contribution in [3.63, 3.8) is 0 Å². The molecule has 1 aromatic heterocycles. The first-order valence-corrected chi connectivity index (χ1v) is 5.74. The quantitative estimate of drug-likeness (QED) is 0.638. The van der Waals surface area contributed by atoms with Crippen molar-refractivity contribution in [3.05, 3.63) is 16.1 Å². The fraction of sp³-hybridized carbons (Fsp3) is 0.333. The molecular formula is C9H10N4O3S. The molecule has 1 aliphatic heterocycles. The second kappa shape index (κ2) is 4.60. The summed E-state index contributed by atoms with van der Waals surface area (Å²) in [6, 6.07) is 0. The smallest absolute Gasteiger partial charge is 0.274 e. The summed E-state index contributed by atoms with van der Waals surface area (Å²) in [5.41, 5.74) is 5.61. The summed E-state index contributed by atoms with van der Waals surface area (Å²) >= 11 is 1.27. The van der Waals surface area contributed by atoms with Gasteiger partial charge in [0.25, 0.3) is 5.91 Å². The zero-order valence-electron chi connectivity index (χ0n) is 8.80. The molecule has 2 rings (SSSR count). The number of hydrogen-bond donors (Lipinski definition) is 2. The van der Waals surface area contributed by atoms with Crippen LogP contribution in [0.1, 0.15) is 15.5 Å². The number of nitrogens with zero attached hydrogens (tertiary/aromatic N) is 2. The molecule has 90 valence electrons. The summed E-state index contributed by atoms with van der Waals surface area (Å²) in [6.45, 7) is 0.0114. The van der Waals surface area contributed by atoms with Crippen LogP contribution < -0.4 is 11.1 Å². The van der Waals surface area contributed by atoms with Gasteiger partial charge in [0, 0.05) is 11.9 Å². The minimum Gasteiger partial charge on any atom is -0.325 e. The van der Waals surface area contributed by atoms with E-state index >= 15 is 0 Å². The van der Waals surface area contributed by atoms with Crippen molar-refractivity contribution in [1.29, 1.82) is 0 Å². The van der Waals surface area contributed by atoms with Crippen molar-refractivity contribution >= 4 is 29.1 Å². The van der Waals surface area contributed by atoms with Crippen molar-refractivity contribution in [1.82, 2.24) is 15.2 Å². The average molecular weight is 254 g/mol. The zero-order chi connectivity index (χ0) is 12.4. The Morgan fingerprint density at radius 2 is 2.12 bits per heavy atom. The van der Waals surface area contributed by atoms with Crippen LogP contribution in [0, 0.1) is 0 Å². The summed E-state index contributed by atoms with van der Waals surface area (Å²) in [6.07, 6.45) is 0. The van der Waals surface area contributed by atoms with Gasteiger partial charge in [-0.3, -0.25) is 19.7 Å². The highest BCUT2D eigenvalue weighted by Gasteiger charge is 2.28.